The first-order valence-corrected chi connectivity index (χ1v) is 10.0. The molecule has 0 aromatic carbocycles. The van der Waals surface area contributed by atoms with Crippen LogP contribution < -0.4 is 5.73 Å². The average Bonchev–Trinajstić information content (AvgIpc) is 2.45. The second kappa shape index (κ2) is 11.3. The summed E-state index contributed by atoms with van der Waals surface area (Å²) in [6.45, 7) is 22.7. The number of rotatable bonds is 12. The molecule has 0 saturated carbocycles. The highest BCUT2D eigenvalue weighted by atomic mass is 14.7. The molecule has 2 N–H and O–H groups in total. The third-order valence-electron chi connectivity index (χ3n) is 6.03. The van der Waals surface area contributed by atoms with Gasteiger partial charge in [0.1, 0.15) is 0 Å². The standard InChI is InChI=1S/C22H45N/c1-10-21(19(8)14-18(7)16(4)5)20(9)22(23)13-17(6)12-11-15(2)3/h15,17-22H,4,10-14,23H2,1-3,5-9H3. The SMILES string of the molecule is C=C(C)C(C)CC(C)C(CC)C(C)C(N)CC(C)CCC(C)C. The lowest BCUT2D eigenvalue weighted by atomic mass is 9.73. The number of hydrogen-bond acceptors (Lipinski definition) is 1. The summed E-state index contributed by atoms with van der Waals surface area (Å²) in [6.07, 6.45) is 6.30. The number of allylic oxidation sites excluding steroid dienone is 1. The maximum Gasteiger partial charge on any atom is 0.00698 e. The Morgan fingerprint density at radius 1 is 0.957 bits per heavy atom. The third-order valence-corrected chi connectivity index (χ3v) is 6.03. The topological polar surface area (TPSA) is 26.0 Å². The molecule has 0 fully saturated rings. The first-order valence-electron chi connectivity index (χ1n) is 10.0. The van der Waals surface area contributed by atoms with E-state index in [1.165, 1.54) is 37.7 Å². The Kier molecular flexibility index (Phi) is 11.1. The van der Waals surface area contributed by atoms with Crippen molar-refractivity contribution in [1.82, 2.24) is 0 Å². The summed E-state index contributed by atoms with van der Waals surface area (Å²) in [5, 5.41) is 0. The molecule has 1 heteroatoms. The Morgan fingerprint density at radius 2 is 1.52 bits per heavy atom. The van der Waals surface area contributed by atoms with Gasteiger partial charge in [-0.25, -0.2) is 0 Å². The fraction of sp³-hybridized carbons (Fsp3) is 0.909. The van der Waals surface area contributed by atoms with Crippen molar-refractivity contribution in [3.8, 4) is 0 Å². The van der Waals surface area contributed by atoms with E-state index in [0.717, 1.165) is 23.7 Å². The van der Waals surface area contributed by atoms with Gasteiger partial charge in [-0.1, -0.05) is 79.9 Å². The summed E-state index contributed by atoms with van der Waals surface area (Å²) in [6, 6.07) is 0.338. The number of nitrogens with two attached hydrogens (primary N) is 1. The van der Waals surface area contributed by atoms with Crippen LogP contribution in [0.25, 0.3) is 0 Å². The van der Waals surface area contributed by atoms with Gasteiger partial charge < -0.3 is 5.73 Å². The van der Waals surface area contributed by atoms with Crippen LogP contribution in [0.1, 0.15) is 87.5 Å². The van der Waals surface area contributed by atoms with Crippen LogP contribution in [0.5, 0.6) is 0 Å². The second-order valence-electron chi connectivity index (χ2n) is 8.87. The summed E-state index contributed by atoms with van der Waals surface area (Å²) in [7, 11) is 0. The normalized spacial score (nSPS) is 19.9. The van der Waals surface area contributed by atoms with E-state index in [1.807, 2.05) is 0 Å². The smallest absolute Gasteiger partial charge is 0.00698 e. The Balaban J connectivity index is 4.55. The van der Waals surface area contributed by atoms with Crippen LogP contribution in [0.2, 0.25) is 0 Å². The van der Waals surface area contributed by atoms with E-state index >= 15 is 0 Å². The zero-order valence-corrected chi connectivity index (χ0v) is 17.4. The highest BCUT2D eigenvalue weighted by Gasteiger charge is 2.28. The number of hydrogen-bond donors (Lipinski definition) is 1. The van der Waals surface area contributed by atoms with E-state index in [-0.39, 0.29) is 0 Å². The van der Waals surface area contributed by atoms with Crippen molar-refractivity contribution in [2.45, 2.75) is 93.5 Å². The quantitative estimate of drug-likeness (QED) is 0.398. The molecule has 138 valence electrons. The molecule has 0 aliphatic heterocycles. The Bertz CT molecular complexity index is 320. The maximum absolute atomic E-state index is 6.61. The van der Waals surface area contributed by atoms with Crippen LogP contribution in [0.15, 0.2) is 12.2 Å². The van der Waals surface area contributed by atoms with Gasteiger partial charge in [0, 0.05) is 6.04 Å². The zero-order chi connectivity index (χ0) is 18.2. The van der Waals surface area contributed by atoms with Crippen molar-refractivity contribution >= 4 is 0 Å². The lowest BCUT2D eigenvalue weighted by Gasteiger charge is -2.35. The van der Waals surface area contributed by atoms with Gasteiger partial charge in [-0.3, -0.25) is 0 Å². The molecule has 0 saturated heterocycles. The Hall–Kier alpha value is -0.300. The van der Waals surface area contributed by atoms with E-state index in [2.05, 4.69) is 62.0 Å². The van der Waals surface area contributed by atoms with Crippen LogP contribution in [-0.4, -0.2) is 6.04 Å². The third kappa shape index (κ3) is 8.94. The molecule has 0 heterocycles. The van der Waals surface area contributed by atoms with Crippen LogP contribution in [0.3, 0.4) is 0 Å². The average molecular weight is 324 g/mol. The Labute approximate surface area is 147 Å². The zero-order valence-electron chi connectivity index (χ0n) is 17.4. The van der Waals surface area contributed by atoms with Gasteiger partial charge in [-0.05, 0) is 55.3 Å². The molecule has 0 spiro atoms. The minimum absolute atomic E-state index is 0.338. The summed E-state index contributed by atoms with van der Waals surface area (Å²) >= 11 is 0. The van der Waals surface area contributed by atoms with Gasteiger partial charge in [0.05, 0.1) is 0 Å². The van der Waals surface area contributed by atoms with Crippen LogP contribution in [-0.2, 0) is 0 Å². The molecular formula is C22H45N. The first-order chi connectivity index (χ1) is 10.6. The Morgan fingerprint density at radius 3 is 1.96 bits per heavy atom. The van der Waals surface area contributed by atoms with Crippen molar-refractivity contribution < 1.29 is 0 Å². The van der Waals surface area contributed by atoms with E-state index < -0.39 is 0 Å². The summed E-state index contributed by atoms with van der Waals surface area (Å²) in [5.74, 6) is 4.22. The van der Waals surface area contributed by atoms with Crippen molar-refractivity contribution in [1.29, 1.82) is 0 Å². The van der Waals surface area contributed by atoms with Gasteiger partial charge in [0.15, 0.2) is 0 Å². The molecule has 1 nitrogen and oxygen atoms in total. The van der Waals surface area contributed by atoms with Crippen molar-refractivity contribution in [2.24, 2.45) is 41.2 Å². The molecule has 6 unspecified atom stereocenters. The van der Waals surface area contributed by atoms with Gasteiger partial charge in [0.25, 0.3) is 0 Å². The highest BCUT2D eigenvalue weighted by Crippen LogP contribution is 2.33. The van der Waals surface area contributed by atoms with E-state index in [0.29, 0.717) is 17.9 Å². The van der Waals surface area contributed by atoms with E-state index in [9.17, 15) is 0 Å². The molecule has 0 radical (unpaired) electrons. The van der Waals surface area contributed by atoms with Crippen LogP contribution >= 0.6 is 0 Å². The van der Waals surface area contributed by atoms with Crippen molar-refractivity contribution in [3.63, 3.8) is 0 Å². The monoisotopic (exact) mass is 323 g/mol. The van der Waals surface area contributed by atoms with E-state index in [1.54, 1.807) is 0 Å². The lowest BCUT2D eigenvalue weighted by Crippen LogP contribution is -2.37. The van der Waals surface area contributed by atoms with Crippen molar-refractivity contribution in [3.05, 3.63) is 12.2 Å². The summed E-state index contributed by atoms with van der Waals surface area (Å²) < 4.78 is 0. The lowest BCUT2D eigenvalue weighted by molar-refractivity contribution is 0.182. The minimum Gasteiger partial charge on any atom is -0.327 e. The second-order valence-corrected chi connectivity index (χ2v) is 8.87. The molecule has 0 aliphatic carbocycles. The van der Waals surface area contributed by atoms with Gasteiger partial charge in [0.2, 0.25) is 0 Å². The highest BCUT2D eigenvalue weighted by molar-refractivity contribution is 4.95. The summed E-state index contributed by atoms with van der Waals surface area (Å²) in [5.41, 5.74) is 7.92. The largest absolute Gasteiger partial charge is 0.327 e. The predicted molar refractivity (Wildman–Crippen MR) is 107 cm³/mol. The molecule has 0 aromatic rings. The molecule has 0 aromatic heterocycles. The van der Waals surface area contributed by atoms with Gasteiger partial charge in [-0.2, -0.15) is 0 Å². The van der Waals surface area contributed by atoms with Crippen molar-refractivity contribution in [2.75, 3.05) is 0 Å². The molecular weight excluding hydrogens is 278 g/mol. The van der Waals surface area contributed by atoms with E-state index in [4.69, 9.17) is 5.73 Å². The van der Waals surface area contributed by atoms with Gasteiger partial charge in [-0.15, -0.1) is 0 Å². The van der Waals surface area contributed by atoms with Gasteiger partial charge >= 0.3 is 0 Å². The fourth-order valence-corrected chi connectivity index (χ4v) is 3.96. The maximum atomic E-state index is 6.61. The molecule has 0 bridgehead atoms. The summed E-state index contributed by atoms with van der Waals surface area (Å²) in [4.78, 5) is 0. The first kappa shape index (κ1) is 22.7. The fourth-order valence-electron chi connectivity index (χ4n) is 3.96. The molecule has 6 atom stereocenters. The van der Waals surface area contributed by atoms with Crippen LogP contribution in [0, 0.1) is 35.5 Å². The molecule has 23 heavy (non-hydrogen) atoms. The molecule has 0 amide bonds. The molecule has 0 aliphatic rings. The predicted octanol–water partition coefficient (Wildman–Crippen LogP) is 6.68. The minimum atomic E-state index is 0.338. The molecule has 0 rings (SSSR count). The van der Waals surface area contributed by atoms with Crippen LogP contribution in [0.4, 0.5) is 0 Å².